The maximum Gasteiger partial charge on any atom is 0.414 e. The summed E-state index contributed by atoms with van der Waals surface area (Å²) >= 11 is 0. The number of fused-ring (bicyclic) bond motifs is 1. The molecule has 1 amide bonds. The number of carbonyl (C=O) groups excluding carboxylic acids is 1. The number of carboxylic acids is 2. The largest absolute Gasteiger partial charge is 0.496 e. The number of piperazine rings is 1. The van der Waals surface area contributed by atoms with E-state index >= 15 is 0 Å². The third kappa shape index (κ3) is 6.48. The summed E-state index contributed by atoms with van der Waals surface area (Å²) in [7, 11) is 3.15. The van der Waals surface area contributed by atoms with Crippen LogP contribution in [-0.4, -0.2) is 78.3 Å². The topological polar surface area (TPSA) is 117 Å². The van der Waals surface area contributed by atoms with Crippen molar-refractivity contribution in [3.8, 4) is 11.5 Å². The number of benzene rings is 3. The fourth-order valence-electron chi connectivity index (χ4n) is 3.92. The average Bonchev–Trinajstić information content (AvgIpc) is 2.88. The second-order valence-electron chi connectivity index (χ2n) is 7.90. The van der Waals surface area contributed by atoms with E-state index in [1.807, 2.05) is 11.0 Å². The van der Waals surface area contributed by atoms with Gasteiger partial charge in [0, 0.05) is 32.7 Å². The molecular formula is C26H28N2O7. The number of rotatable bonds is 5. The van der Waals surface area contributed by atoms with Crippen molar-refractivity contribution in [1.29, 1.82) is 0 Å². The van der Waals surface area contributed by atoms with Crippen LogP contribution in [0.15, 0.2) is 60.7 Å². The van der Waals surface area contributed by atoms with Crippen molar-refractivity contribution < 1.29 is 34.1 Å². The minimum Gasteiger partial charge on any atom is -0.496 e. The Morgan fingerprint density at radius 3 is 1.89 bits per heavy atom. The second-order valence-corrected chi connectivity index (χ2v) is 7.90. The van der Waals surface area contributed by atoms with Gasteiger partial charge in [0.2, 0.25) is 0 Å². The molecule has 0 radical (unpaired) electrons. The second kappa shape index (κ2) is 11.8. The van der Waals surface area contributed by atoms with Crippen LogP contribution in [0.25, 0.3) is 10.8 Å². The third-order valence-corrected chi connectivity index (χ3v) is 5.70. The van der Waals surface area contributed by atoms with Gasteiger partial charge in [0.15, 0.2) is 0 Å². The van der Waals surface area contributed by atoms with Gasteiger partial charge in [0.1, 0.15) is 17.1 Å². The predicted molar refractivity (Wildman–Crippen MR) is 130 cm³/mol. The summed E-state index contributed by atoms with van der Waals surface area (Å²) in [5, 5.41) is 17.3. The van der Waals surface area contributed by atoms with Crippen molar-refractivity contribution in [3.05, 3.63) is 71.8 Å². The molecule has 184 valence electrons. The first kappa shape index (κ1) is 25.5. The Labute approximate surface area is 203 Å². The number of amides is 1. The molecular weight excluding hydrogens is 452 g/mol. The van der Waals surface area contributed by atoms with Crippen molar-refractivity contribution >= 4 is 28.6 Å². The van der Waals surface area contributed by atoms with Crippen LogP contribution in [0.1, 0.15) is 15.9 Å². The fraction of sp³-hybridized carbons (Fsp3) is 0.269. The summed E-state index contributed by atoms with van der Waals surface area (Å²) in [4.78, 5) is 35.6. The van der Waals surface area contributed by atoms with Gasteiger partial charge in [-0.2, -0.15) is 0 Å². The Morgan fingerprint density at radius 1 is 0.771 bits per heavy atom. The highest BCUT2D eigenvalue weighted by atomic mass is 16.5. The smallest absolute Gasteiger partial charge is 0.414 e. The minimum atomic E-state index is -1.82. The molecule has 9 heteroatoms. The van der Waals surface area contributed by atoms with Crippen LogP contribution in [0.5, 0.6) is 11.5 Å². The fourth-order valence-corrected chi connectivity index (χ4v) is 3.92. The highest BCUT2D eigenvalue weighted by Gasteiger charge is 2.27. The molecule has 4 rings (SSSR count). The van der Waals surface area contributed by atoms with Crippen LogP contribution in [0.3, 0.4) is 0 Å². The maximum absolute atomic E-state index is 13.1. The van der Waals surface area contributed by atoms with Gasteiger partial charge >= 0.3 is 11.9 Å². The maximum atomic E-state index is 13.1. The van der Waals surface area contributed by atoms with E-state index < -0.39 is 11.9 Å². The molecule has 1 aliphatic rings. The number of carboxylic acid groups (broad SMARTS) is 2. The molecule has 3 aromatic rings. The molecule has 3 aromatic carbocycles. The van der Waals surface area contributed by atoms with E-state index in [-0.39, 0.29) is 5.91 Å². The average molecular weight is 481 g/mol. The molecule has 2 N–H and O–H groups in total. The number of hydrogen-bond acceptors (Lipinski definition) is 6. The summed E-state index contributed by atoms with van der Waals surface area (Å²) in [6.45, 7) is 3.96. The van der Waals surface area contributed by atoms with Gasteiger partial charge < -0.3 is 24.6 Å². The zero-order chi connectivity index (χ0) is 25.4. The molecule has 9 nitrogen and oxygen atoms in total. The SMILES string of the molecule is COc1cccc(OC)c1C(=O)N1CCN(Cc2ccc3ccccc3c2)CC1.O=C(O)C(=O)O. The van der Waals surface area contributed by atoms with Crippen molar-refractivity contribution in [2.24, 2.45) is 0 Å². The highest BCUT2D eigenvalue weighted by Crippen LogP contribution is 2.30. The summed E-state index contributed by atoms with van der Waals surface area (Å²) in [6, 6.07) is 20.5. The first-order chi connectivity index (χ1) is 16.8. The van der Waals surface area contributed by atoms with E-state index in [9.17, 15) is 4.79 Å². The van der Waals surface area contributed by atoms with E-state index in [4.69, 9.17) is 29.3 Å². The van der Waals surface area contributed by atoms with E-state index in [1.54, 1.807) is 26.4 Å². The lowest BCUT2D eigenvalue weighted by Gasteiger charge is -2.35. The number of hydrogen-bond donors (Lipinski definition) is 2. The van der Waals surface area contributed by atoms with Crippen LogP contribution in [0.4, 0.5) is 0 Å². The Morgan fingerprint density at radius 2 is 1.34 bits per heavy atom. The Bertz CT molecular complexity index is 1170. The predicted octanol–water partition coefficient (Wildman–Crippen LogP) is 2.97. The molecule has 0 atom stereocenters. The van der Waals surface area contributed by atoms with Gasteiger partial charge in [0.25, 0.3) is 5.91 Å². The van der Waals surface area contributed by atoms with Crippen LogP contribution in [-0.2, 0) is 16.1 Å². The summed E-state index contributed by atoms with van der Waals surface area (Å²) < 4.78 is 10.8. The highest BCUT2D eigenvalue weighted by molar-refractivity contribution is 6.27. The van der Waals surface area contributed by atoms with Crippen molar-refractivity contribution in [2.45, 2.75) is 6.54 Å². The molecule has 1 saturated heterocycles. The van der Waals surface area contributed by atoms with E-state index in [1.165, 1.54) is 16.3 Å². The van der Waals surface area contributed by atoms with Gasteiger partial charge in [-0.15, -0.1) is 0 Å². The van der Waals surface area contributed by atoms with E-state index in [2.05, 4.69) is 47.4 Å². The lowest BCUT2D eigenvalue weighted by atomic mass is 10.1. The van der Waals surface area contributed by atoms with Gasteiger partial charge in [-0.25, -0.2) is 9.59 Å². The van der Waals surface area contributed by atoms with Crippen LogP contribution in [0, 0.1) is 0 Å². The monoisotopic (exact) mass is 480 g/mol. The van der Waals surface area contributed by atoms with Crippen molar-refractivity contribution in [2.75, 3.05) is 40.4 Å². The quantitative estimate of drug-likeness (QED) is 0.536. The number of carbonyl (C=O) groups is 3. The number of nitrogens with zero attached hydrogens (tertiary/aromatic N) is 2. The van der Waals surface area contributed by atoms with Crippen molar-refractivity contribution in [3.63, 3.8) is 0 Å². The molecule has 35 heavy (non-hydrogen) atoms. The van der Waals surface area contributed by atoms with Gasteiger partial charge in [-0.3, -0.25) is 9.69 Å². The molecule has 1 aliphatic heterocycles. The molecule has 1 heterocycles. The Balaban J connectivity index is 0.000000509. The normalized spacial score (nSPS) is 13.5. The summed E-state index contributed by atoms with van der Waals surface area (Å²) in [5.74, 6) is -2.59. The third-order valence-electron chi connectivity index (χ3n) is 5.70. The van der Waals surface area contributed by atoms with Gasteiger partial charge in [0.05, 0.1) is 14.2 Å². The van der Waals surface area contributed by atoms with Gasteiger partial charge in [-0.1, -0.05) is 42.5 Å². The lowest BCUT2D eigenvalue weighted by molar-refractivity contribution is -0.159. The minimum absolute atomic E-state index is 0.0374. The van der Waals surface area contributed by atoms with E-state index in [0.717, 1.165) is 19.6 Å². The molecule has 0 unspecified atom stereocenters. The molecule has 0 spiro atoms. The Hall–Kier alpha value is -4.11. The van der Waals surface area contributed by atoms with Crippen molar-refractivity contribution in [1.82, 2.24) is 9.80 Å². The standard InChI is InChI=1S/C24H26N2O3.C2H2O4/c1-28-21-8-5-9-22(29-2)23(21)24(27)26-14-12-25(13-15-26)17-18-10-11-19-6-3-4-7-20(19)16-18;3-1(4)2(5)6/h3-11,16H,12-15,17H2,1-2H3;(H,3,4)(H,5,6). The van der Waals surface area contributed by atoms with Crippen LogP contribution in [0.2, 0.25) is 0 Å². The summed E-state index contributed by atoms with van der Waals surface area (Å²) in [6.07, 6.45) is 0. The number of methoxy groups -OCH3 is 2. The van der Waals surface area contributed by atoms with Crippen LogP contribution >= 0.6 is 0 Å². The van der Waals surface area contributed by atoms with Crippen LogP contribution < -0.4 is 9.47 Å². The molecule has 0 aliphatic carbocycles. The zero-order valence-electron chi connectivity index (χ0n) is 19.6. The lowest BCUT2D eigenvalue weighted by Crippen LogP contribution is -2.48. The first-order valence-corrected chi connectivity index (χ1v) is 11.0. The first-order valence-electron chi connectivity index (χ1n) is 11.0. The van der Waals surface area contributed by atoms with E-state index in [0.29, 0.717) is 30.2 Å². The molecule has 1 fully saturated rings. The Kier molecular flexibility index (Phi) is 8.63. The molecule has 0 bridgehead atoms. The zero-order valence-corrected chi connectivity index (χ0v) is 19.6. The summed E-state index contributed by atoms with van der Waals surface area (Å²) in [5.41, 5.74) is 1.80. The van der Waals surface area contributed by atoms with Gasteiger partial charge in [-0.05, 0) is 34.5 Å². The number of aliphatic carboxylic acids is 2. The number of ether oxygens (including phenoxy) is 2. The molecule has 0 saturated carbocycles. The molecule has 0 aromatic heterocycles.